The van der Waals surface area contributed by atoms with Crippen molar-refractivity contribution in [2.24, 2.45) is 5.92 Å². The van der Waals surface area contributed by atoms with Crippen LogP contribution in [0.3, 0.4) is 0 Å². The molecule has 1 aliphatic rings. The third-order valence-corrected chi connectivity index (χ3v) is 3.37. The van der Waals surface area contributed by atoms with Gasteiger partial charge in [0, 0.05) is 11.9 Å². The molecule has 1 aromatic carbocycles. The Balaban J connectivity index is 2.04. The Morgan fingerprint density at radius 2 is 2.07 bits per heavy atom. The molecule has 1 heterocycles. The van der Waals surface area contributed by atoms with Gasteiger partial charge in [-0.3, -0.25) is 0 Å². The van der Waals surface area contributed by atoms with Crippen molar-refractivity contribution < 1.29 is 0 Å². The maximum atomic E-state index is 5.91. The van der Waals surface area contributed by atoms with E-state index in [2.05, 4.69) is 35.6 Å². The van der Waals surface area contributed by atoms with E-state index in [-0.39, 0.29) is 0 Å². The summed E-state index contributed by atoms with van der Waals surface area (Å²) in [6, 6.07) is 11.1. The van der Waals surface area contributed by atoms with Crippen molar-refractivity contribution in [2.45, 2.75) is 18.9 Å². The molecule has 2 atom stereocenters. The number of piperidine rings is 1. The Labute approximate surface area is 90.5 Å². The zero-order valence-electron chi connectivity index (χ0n) is 8.25. The molecule has 0 amide bonds. The lowest BCUT2D eigenvalue weighted by molar-refractivity contribution is 0.328. The van der Waals surface area contributed by atoms with Crippen LogP contribution in [0.2, 0.25) is 0 Å². The highest BCUT2D eigenvalue weighted by atomic mass is 35.5. The zero-order chi connectivity index (χ0) is 9.80. The minimum absolute atomic E-state index is 0.508. The molecule has 14 heavy (non-hydrogen) atoms. The van der Waals surface area contributed by atoms with Crippen LogP contribution in [0, 0.1) is 5.92 Å². The van der Waals surface area contributed by atoms with Gasteiger partial charge in [0.1, 0.15) is 0 Å². The number of hydrogen-bond acceptors (Lipinski definition) is 1. The predicted molar refractivity (Wildman–Crippen MR) is 60.6 cm³/mol. The van der Waals surface area contributed by atoms with Crippen molar-refractivity contribution in [2.75, 3.05) is 12.4 Å². The van der Waals surface area contributed by atoms with Crippen molar-refractivity contribution in [3.63, 3.8) is 0 Å². The van der Waals surface area contributed by atoms with Crippen LogP contribution in [0.4, 0.5) is 0 Å². The third-order valence-electron chi connectivity index (χ3n) is 2.93. The molecule has 1 saturated heterocycles. The van der Waals surface area contributed by atoms with Crippen LogP contribution in [0.15, 0.2) is 30.3 Å². The highest BCUT2D eigenvalue weighted by Gasteiger charge is 2.21. The first kappa shape index (κ1) is 10.0. The first-order chi connectivity index (χ1) is 6.90. The summed E-state index contributed by atoms with van der Waals surface area (Å²) < 4.78 is 0. The molecule has 0 unspecified atom stereocenters. The van der Waals surface area contributed by atoms with Crippen LogP contribution in [0.25, 0.3) is 0 Å². The van der Waals surface area contributed by atoms with Crippen molar-refractivity contribution in [3.05, 3.63) is 35.9 Å². The van der Waals surface area contributed by atoms with E-state index in [9.17, 15) is 0 Å². The number of benzene rings is 1. The number of alkyl halides is 1. The summed E-state index contributed by atoms with van der Waals surface area (Å²) in [6.07, 6.45) is 2.39. The van der Waals surface area contributed by atoms with Gasteiger partial charge in [0.25, 0.3) is 0 Å². The van der Waals surface area contributed by atoms with E-state index in [0.29, 0.717) is 12.0 Å². The van der Waals surface area contributed by atoms with Gasteiger partial charge in [-0.1, -0.05) is 30.3 Å². The van der Waals surface area contributed by atoms with Gasteiger partial charge in [-0.05, 0) is 30.9 Å². The van der Waals surface area contributed by atoms with Crippen molar-refractivity contribution in [1.82, 2.24) is 5.32 Å². The van der Waals surface area contributed by atoms with E-state index in [4.69, 9.17) is 11.6 Å². The molecule has 0 saturated carbocycles. The first-order valence-corrected chi connectivity index (χ1v) is 5.78. The largest absolute Gasteiger partial charge is 0.310 e. The lowest BCUT2D eigenvalue weighted by Gasteiger charge is -2.29. The summed E-state index contributed by atoms with van der Waals surface area (Å²) in [5, 5.41) is 3.54. The molecular weight excluding hydrogens is 194 g/mol. The average molecular weight is 210 g/mol. The highest BCUT2D eigenvalue weighted by Crippen LogP contribution is 2.27. The van der Waals surface area contributed by atoms with Crippen LogP contribution in [0.1, 0.15) is 24.4 Å². The molecule has 0 bridgehead atoms. The maximum absolute atomic E-state index is 5.91. The second-order valence-corrected chi connectivity index (χ2v) is 4.27. The van der Waals surface area contributed by atoms with Crippen molar-refractivity contribution >= 4 is 11.6 Å². The fourth-order valence-electron chi connectivity index (χ4n) is 2.08. The van der Waals surface area contributed by atoms with E-state index < -0.39 is 0 Å². The molecule has 2 heteroatoms. The number of rotatable bonds is 2. The van der Waals surface area contributed by atoms with Gasteiger partial charge in [0.05, 0.1) is 0 Å². The van der Waals surface area contributed by atoms with E-state index >= 15 is 0 Å². The normalized spacial score (nSPS) is 27.5. The molecule has 0 aromatic heterocycles. The van der Waals surface area contributed by atoms with E-state index in [1.54, 1.807) is 0 Å². The Kier molecular flexibility index (Phi) is 3.44. The fourth-order valence-corrected chi connectivity index (χ4v) is 2.36. The lowest BCUT2D eigenvalue weighted by atomic mass is 9.90. The molecule has 0 spiro atoms. The summed E-state index contributed by atoms with van der Waals surface area (Å²) in [6.45, 7) is 1.09. The second-order valence-electron chi connectivity index (χ2n) is 3.96. The number of nitrogens with one attached hydrogen (secondary N) is 1. The minimum Gasteiger partial charge on any atom is -0.310 e. The van der Waals surface area contributed by atoms with Gasteiger partial charge in [-0.2, -0.15) is 0 Å². The molecule has 1 fully saturated rings. The summed E-state index contributed by atoms with van der Waals surface area (Å²) in [7, 11) is 0. The quantitative estimate of drug-likeness (QED) is 0.739. The summed E-state index contributed by atoms with van der Waals surface area (Å²) >= 11 is 5.91. The topological polar surface area (TPSA) is 12.0 Å². The van der Waals surface area contributed by atoms with E-state index in [0.717, 1.165) is 12.4 Å². The zero-order valence-corrected chi connectivity index (χ0v) is 9.00. The minimum atomic E-state index is 0.508. The SMILES string of the molecule is ClC[C@@H]1CCN[C@H](c2ccccc2)C1. The van der Waals surface area contributed by atoms with E-state index in [1.165, 1.54) is 18.4 Å². The predicted octanol–water partition coefficient (Wildman–Crippen LogP) is 2.97. The first-order valence-electron chi connectivity index (χ1n) is 5.24. The molecular formula is C12H16ClN. The van der Waals surface area contributed by atoms with Gasteiger partial charge in [-0.15, -0.1) is 11.6 Å². The Bertz CT molecular complexity index is 273. The molecule has 1 nitrogen and oxygen atoms in total. The standard InChI is InChI=1S/C12H16ClN/c13-9-10-6-7-14-12(8-10)11-4-2-1-3-5-11/h1-5,10,12,14H,6-9H2/t10-,12+/m1/s1. The molecule has 1 aromatic rings. The molecule has 0 aliphatic carbocycles. The maximum Gasteiger partial charge on any atom is 0.0323 e. The molecule has 0 radical (unpaired) electrons. The van der Waals surface area contributed by atoms with Crippen LogP contribution >= 0.6 is 11.6 Å². The molecule has 1 N–H and O–H groups in total. The Morgan fingerprint density at radius 1 is 1.29 bits per heavy atom. The number of hydrogen-bond donors (Lipinski definition) is 1. The van der Waals surface area contributed by atoms with Crippen molar-refractivity contribution in [1.29, 1.82) is 0 Å². The summed E-state index contributed by atoms with van der Waals surface area (Å²) in [5.41, 5.74) is 1.39. The summed E-state index contributed by atoms with van der Waals surface area (Å²) in [4.78, 5) is 0. The average Bonchev–Trinajstić information content (AvgIpc) is 2.30. The second kappa shape index (κ2) is 4.81. The van der Waals surface area contributed by atoms with Crippen LogP contribution in [0.5, 0.6) is 0 Å². The smallest absolute Gasteiger partial charge is 0.0323 e. The summed E-state index contributed by atoms with van der Waals surface area (Å²) in [5.74, 6) is 1.48. The van der Waals surface area contributed by atoms with Crippen LogP contribution in [-0.4, -0.2) is 12.4 Å². The Hall–Kier alpha value is -0.530. The van der Waals surface area contributed by atoms with Gasteiger partial charge < -0.3 is 5.32 Å². The monoisotopic (exact) mass is 209 g/mol. The third kappa shape index (κ3) is 2.28. The molecule has 1 aliphatic heterocycles. The molecule has 76 valence electrons. The van der Waals surface area contributed by atoms with Gasteiger partial charge >= 0.3 is 0 Å². The van der Waals surface area contributed by atoms with E-state index in [1.807, 2.05) is 0 Å². The van der Waals surface area contributed by atoms with Crippen molar-refractivity contribution in [3.8, 4) is 0 Å². The molecule has 2 rings (SSSR count). The van der Waals surface area contributed by atoms with Crippen LogP contribution < -0.4 is 5.32 Å². The van der Waals surface area contributed by atoms with Crippen LogP contribution in [-0.2, 0) is 0 Å². The van der Waals surface area contributed by atoms with Gasteiger partial charge in [0.2, 0.25) is 0 Å². The van der Waals surface area contributed by atoms with Gasteiger partial charge in [0.15, 0.2) is 0 Å². The Morgan fingerprint density at radius 3 is 2.79 bits per heavy atom. The lowest BCUT2D eigenvalue weighted by Crippen LogP contribution is -2.32. The van der Waals surface area contributed by atoms with Gasteiger partial charge in [-0.25, -0.2) is 0 Å². The fraction of sp³-hybridized carbons (Fsp3) is 0.500. The number of halogens is 1. The highest BCUT2D eigenvalue weighted by molar-refractivity contribution is 6.18.